The highest BCUT2D eigenvalue weighted by atomic mass is 16.2. The van der Waals surface area contributed by atoms with Crippen molar-refractivity contribution in [2.24, 2.45) is 0 Å². The van der Waals surface area contributed by atoms with Gasteiger partial charge in [0, 0.05) is 38.6 Å². The average Bonchev–Trinajstić information content (AvgIpc) is 2.73. The molecule has 0 aliphatic heterocycles. The Labute approximate surface area is 104 Å². The van der Waals surface area contributed by atoms with Crippen LogP contribution in [0.4, 0.5) is 0 Å². The fraction of sp³-hybridized carbons (Fsp3) is 0.615. The first-order valence-electron chi connectivity index (χ1n) is 6.15. The number of likely N-dealkylation sites (N-methyl/N-ethyl adjacent to an activating group) is 1. The molecule has 1 amide bonds. The van der Waals surface area contributed by atoms with Crippen LogP contribution in [0, 0.1) is 0 Å². The van der Waals surface area contributed by atoms with Gasteiger partial charge in [-0.15, -0.1) is 0 Å². The standard InChI is InChI=1S/C13H23N3O/c1-5-15(4)13(17)10-16-7-6-12(9-16)8-14-11(2)3/h6-7,9,11,14H,5,8,10H2,1-4H3. The van der Waals surface area contributed by atoms with Crippen LogP contribution < -0.4 is 5.32 Å². The predicted octanol–water partition coefficient (Wildman–Crippen LogP) is 1.46. The largest absolute Gasteiger partial charge is 0.345 e. The van der Waals surface area contributed by atoms with Crippen LogP contribution in [0.25, 0.3) is 0 Å². The van der Waals surface area contributed by atoms with Crippen LogP contribution in [0.5, 0.6) is 0 Å². The summed E-state index contributed by atoms with van der Waals surface area (Å²) in [7, 11) is 1.83. The molecule has 1 rings (SSSR count). The maximum atomic E-state index is 11.7. The Bertz CT molecular complexity index is 357. The van der Waals surface area contributed by atoms with E-state index in [9.17, 15) is 4.79 Å². The number of amides is 1. The number of nitrogens with zero attached hydrogens (tertiary/aromatic N) is 2. The third-order valence-corrected chi connectivity index (χ3v) is 2.74. The highest BCUT2D eigenvalue weighted by molar-refractivity contribution is 5.75. The van der Waals surface area contributed by atoms with Gasteiger partial charge in [0.1, 0.15) is 6.54 Å². The molecule has 0 aromatic carbocycles. The van der Waals surface area contributed by atoms with Crippen molar-refractivity contribution >= 4 is 5.91 Å². The van der Waals surface area contributed by atoms with E-state index in [1.165, 1.54) is 5.56 Å². The van der Waals surface area contributed by atoms with Crippen molar-refractivity contribution in [2.75, 3.05) is 13.6 Å². The van der Waals surface area contributed by atoms with E-state index in [0.29, 0.717) is 12.6 Å². The Hall–Kier alpha value is -1.29. The van der Waals surface area contributed by atoms with E-state index in [0.717, 1.165) is 13.1 Å². The van der Waals surface area contributed by atoms with Crippen LogP contribution in [0.2, 0.25) is 0 Å². The van der Waals surface area contributed by atoms with Crippen molar-refractivity contribution in [2.45, 2.75) is 39.9 Å². The highest BCUT2D eigenvalue weighted by Crippen LogP contribution is 2.02. The minimum absolute atomic E-state index is 0.145. The molecular formula is C13H23N3O. The molecule has 1 aromatic heterocycles. The quantitative estimate of drug-likeness (QED) is 0.813. The van der Waals surface area contributed by atoms with Gasteiger partial charge in [-0.3, -0.25) is 4.79 Å². The molecule has 1 N–H and O–H groups in total. The van der Waals surface area contributed by atoms with Crippen LogP contribution in [0.3, 0.4) is 0 Å². The van der Waals surface area contributed by atoms with Gasteiger partial charge in [-0.1, -0.05) is 13.8 Å². The Balaban J connectivity index is 2.48. The maximum absolute atomic E-state index is 11.7. The van der Waals surface area contributed by atoms with Crippen molar-refractivity contribution in [3.8, 4) is 0 Å². The van der Waals surface area contributed by atoms with Crippen molar-refractivity contribution < 1.29 is 4.79 Å². The fourth-order valence-electron chi connectivity index (χ4n) is 1.47. The van der Waals surface area contributed by atoms with Gasteiger partial charge in [0.15, 0.2) is 0 Å². The highest BCUT2D eigenvalue weighted by Gasteiger charge is 2.07. The molecule has 0 saturated heterocycles. The lowest BCUT2D eigenvalue weighted by molar-refractivity contribution is -0.130. The molecule has 0 aliphatic rings. The second kappa shape index (κ2) is 6.45. The van der Waals surface area contributed by atoms with Crippen molar-refractivity contribution in [1.82, 2.24) is 14.8 Å². The molecule has 0 saturated carbocycles. The average molecular weight is 237 g/mol. The van der Waals surface area contributed by atoms with Crippen molar-refractivity contribution in [1.29, 1.82) is 0 Å². The number of carbonyl (C=O) groups is 1. The van der Waals surface area contributed by atoms with Crippen LogP contribution in [-0.2, 0) is 17.9 Å². The first kappa shape index (κ1) is 13.8. The van der Waals surface area contributed by atoms with Crippen LogP contribution >= 0.6 is 0 Å². The summed E-state index contributed by atoms with van der Waals surface area (Å²) in [6.07, 6.45) is 3.98. The fourth-order valence-corrected chi connectivity index (χ4v) is 1.47. The molecular weight excluding hydrogens is 214 g/mol. The molecule has 4 nitrogen and oxygen atoms in total. The van der Waals surface area contributed by atoms with E-state index >= 15 is 0 Å². The zero-order valence-electron chi connectivity index (χ0n) is 11.2. The zero-order chi connectivity index (χ0) is 12.8. The van der Waals surface area contributed by atoms with Gasteiger partial charge in [-0.2, -0.15) is 0 Å². The lowest BCUT2D eigenvalue weighted by atomic mass is 10.3. The van der Waals surface area contributed by atoms with E-state index in [-0.39, 0.29) is 5.91 Å². The van der Waals surface area contributed by atoms with Crippen molar-refractivity contribution in [3.63, 3.8) is 0 Å². The molecule has 1 heterocycles. The minimum atomic E-state index is 0.145. The summed E-state index contributed by atoms with van der Waals surface area (Å²) >= 11 is 0. The summed E-state index contributed by atoms with van der Waals surface area (Å²) in [6.45, 7) is 8.25. The minimum Gasteiger partial charge on any atom is -0.345 e. The molecule has 17 heavy (non-hydrogen) atoms. The van der Waals surface area contributed by atoms with E-state index in [1.54, 1.807) is 4.90 Å². The number of hydrogen-bond acceptors (Lipinski definition) is 2. The number of nitrogens with one attached hydrogen (secondary N) is 1. The summed E-state index contributed by atoms with van der Waals surface area (Å²) in [5.41, 5.74) is 1.21. The van der Waals surface area contributed by atoms with Gasteiger partial charge >= 0.3 is 0 Å². The second-order valence-corrected chi connectivity index (χ2v) is 4.64. The lowest BCUT2D eigenvalue weighted by Crippen LogP contribution is -2.29. The number of carbonyl (C=O) groups excluding carboxylic acids is 1. The topological polar surface area (TPSA) is 37.3 Å². The van der Waals surface area contributed by atoms with E-state index in [2.05, 4.69) is 25.2 Å². The number of rotatable bonds is 6. The van der Waals surface area contributed by atoms with E-state index < -0.39 is 0 Å². The van der Waals surface area contributed by atoms with Gasteiger partial charge in [0.05, 0.1) is 0 Å². The third-order valence-electron chi connectivity index (χ3n) is 2.74. The Morgan fingerprint density at radius 2 is 2.24 bits per heavy atom. The zero-order valence-corrected chi connectivity index (χ0v) is 11.2. The second-order valence-electron chi connectivity index (χ2n) is 4.64. The van der Waals surface area contributed by atoms with Crippen LogP contribution in [0.1, 0.15) is 26.3 Å². The normalized spacial score (nSPS) is 10.9. The Kier molecular flexibility index (Phi) is 5.22. The molecule has 1 aromatic rings. The third kappa shape index (κ3) is 4.61. The predicted molar refractivity (Wildman–Crippen MR) is 69.7 cm³/mol. The maximum Gasteiger partial charge on any atom is 0.242 e. The van der Waals surface area contributed by atoms with Gasteiger partial charge < -0.3 is 14.8 Å². The molecule has 0 spiro atoms. The first-order chi connectivity index (χ1) is 8.02. The molecule has 4 heteroatoms. The van der Waals surface area contributed by atoms with Crippen LogP contribution in [-0.4, -0.2) is 35.0 Å². The Morgan fingerprint density at radius 1 is 1.53 bits per heavy atom. The summed E-state index contributed by atoms with van der Waals surface area (Å²) in [6, 6.07) is 2.53. The summed E-state index contributed by atoms with van der Waals surface area (Å²) in [4.78, 5) is 13.4. The van der Waals surface area contributed by atoms with Gasteiger partial charge in [-0.25, -0.2) is 0 Å². The molecule has 0 radical (unpaired) electrons. The summed E-state index contributed by atoms with van der Waals surface area (Å²) < 4.78 is 1.94. The SMILES string of the molecule is CCN(C)C(=O)Cn1ccc(CNC(C)C)c1. The van der Waals surface area contributed by atoms with E-state index in [4.69, 9.17) is 0 Å². The molecule has 96 valence electrons. The van der Waals surface area contributed by atoms with Gasteiger partial charge in [0.25, 0.3) is 0 Å². The molecule has 0 fully saturated rings. The Morgan fingerprint density at radius 3 is 2.82 bits per heavy atom. The monoisotopic (exact) mass is 237 g/mol. The van der Waals surface area contributed by atoms with Gasteiger partial charge in [-0.05, 0) is 18.6 Å². The lowest BCUT2D eigenvalue weighted by Gasteiger charge is -2.14. The number of aromatic nitrogens is 1. The van der Waals surface area contributed by atoms with E-state index in [1.807, 2.05) is 30.9 Å². The molecule has 0 aliphatic carbocycles. The van der Waals surface area contributed by atoms with Crippen molar-refractivity contribution in [3.05, 3.63) is 24.0 Å². The summed E-state index contributed by atoms with van der Waals surface area (Å²) in [5.74, 6) is 0.145. The molecule has 0 unspecified atom stereocenters. The first-order valence-corrected chi connectivity index (χ1v) is 6.15. The number of hydrogen-bond donors (Lipinski definition) is 1. The molecule has 0 atom stereocenters. The van der Waals surface area contributed by atoms with Gasteiger partial charge in [0.2, 0.25) is 5.91 Å². The smallest absolute Gasteiger partial charge is 0.242 e. The summed E-state index contributed by atoms with van der Waals surface area (Å²) in [5, 5.41) is 3.35. The van der Waals surface area contributed by atoms with Crippen LogP contribution in [0.15, 0.2) is 18.5 Å². The molecule has 0 bridgehead atoms.